The molecule has 1 aliphatic rings. The Morgan fingerprint density at radius 3 is 2.50 bits per heavy atom. The van der Waals surface area contributed by atoms with Crippen molar-refractivity contribution in [1.82, 2.24) is 0 Å². The molecule has 0 aliphatic heterocycles. The zero-order valence-electron chi connectivity index (χ0n) is 10.9. The Balaban J connectivity index is 2.55. The molecule has 0 aromatic rings. The molecule has 2 atom stereocenters. The van der Waals surface area contributed by atoms with E-state index in [1.165, 1.54) is 5.57 Å². The minimum absolute atomic E-state index is 0.0349. The van der Waals surface area contributed by atoms with E-state index in [0.717, 1.165) is 0 Å². The van der Waals surface area contributed by atoms with Crippen molar-refractivity contribution >= 4 is 5.97 Å². The average Bonchev–Trinajstić information content (AvgIpc) is 2.67. The third-order valence-electron chi connectivity index (χ3n) is 3.24. The quantitative estimate of drug-likeness (QED) is 0.538. The summed E-state index contributed by atoms with van der Waals surface area (Å²) in [7, 11) is 0. The van der Waals surface area contributed by atoms with Crippen LogP contribution in [0.4, 0.5) is 0 Å². The van der Waals surface area contributed by atoms with Gasteiger partial charge in [-0.3, -0.25) is 4.79 Å². The number of rotatable bonds is 4. The maximum Gasteiger partial charge on any atom is 0.310 e. The molecule has 0 heterocycles. The molecule has 0 aromatic carbocycles. The number of carbonyl (C=O) groups is 1. The van der Waals surface area contributed by atoms with Gasteiger partial charge in [0.1, 0.15) is 6.61 Å². The minimum Gasteiger partial charge on any atom is -0.461 e. The third-order valence-corrected chi connectivity index (χ3v) is 3.24. The molecule has 2 heteroatoms. The summed E-state index contributed by atoms with van der Waals surface area (Å²) >= 11 is 0. The van der Waals surface area contributed by atoms with Crippen LogP contribution in [0.1, 0.15) is 34.6 Å². The molecule has 2 nitrogen and oxygen atoms in total. The van der Waals surface area contributed by atoms with Gasteiger partial charge in [-0.1, -0.05) is 37.6 Å². The Labute approximate surface area is 98.4 Å². The summed E-state index contributed by atoms with van der Waals surface area (Å²) < 4.78 is 5.20. The SMILES string of the molecule is CC=CCOC(=O)[C@@H]1[C@@H](C=C(C)C)C1(C)C. The summed E-state index contributed by atoms with van der Waals surface area (Å²) in [5.74, 6) is 0.314. The van der Waals surface area contributed by atoms with Crippen molar-refractivity contribution in [3.63, 3.8) is 0 Å². The Kier molecular flexibility index (Phi) is 3.95. The molecule has 1 fully saturated rings. The van der Waals surface area contributed by atoms with Crippen LogP contribution >= 0.6 is 0 Å². The van der Waals surface area contributed by atoms with Gasteiger partial charge in [-0.05, 0) is 32.1 Å². The van der Waals surface area contributed by atoms with E-state index in [9.17, 15) is 4.79 Å². The molecule has 0 radical (unpaired) electrons. The first-order chi connectivity index (χ1) is 7.41. The average molecular weight is 222 g/mol. The van der Waals surface area contributed by atoms with Gasteiger partial charge in [-0.25, -0.2) is 0 Å². The predicted molar refractivity (Wildman–Crippen MR) is 66.0 cm³/mol. The van der Waals surface area contributed by atoms with Gasteiger partial charge in [-0.15, -0.1) is 0 Å². The van der Waals surface area contributed by atoms with Crippen molar-refractivity contribution in [3.05, 3.63) is 23.8 Å². The van der Waals surface area contributed by atoms with E-state index in [1.807, 2.05) is 19.1 Å². The molecule has 16 heavy (non-hydrogen) atoms. The summed E-state index contributed by atoms with van der Waals surface area (Å²) in [5.41, 5.74) is 1.33. The highest BCUT2D eigenvalue weighted by Crippen LogP contribution is 2.59. The Morgan fingerprint density at radius 1 is 1.38 bits per heavy atom. The maximum atomic E-state index is 11.8. The fraction of sp³-hybridized carbons (Fsp3) is 0.643. The first kappa shape index (κ1) is 13.0. The van der Waals surface area contributed by atoms with Gasteiger partial charge in [0.25, 0.3) is 0 Å². The Bertz CT molecular complexity index is 320. The molecule has 0 spiro atoms. The van der Waals surface area contributed by atoms with Crippen molar-refractivity contribution in [1.29, 1.82) is 0 Å². The van der Waals surface area contributed by atoms with E-state index in [1.54, 1.807) is 0 Å². The largest absolute Gasteiger partial charge is 0.461 e. The number of allylic oxidation sites excluding steroid dienone is 3. The van der Waals surface area contributed by atoms with Crippen LogP contribution in [0.2, 0.25) is 0 Å². The monoisotopic (exact) mass is 222 g/mol. The summed E-state index contributed by atoms with van der Waals surface area (Å²) in [6.45, 7) is 10.7. The molecule has 0 saturated heterocycles. The molecule has 0 N–H and O–H groups in total. The van der Waals surface area contributed by atoms with Crippen LogP contribution in [0, 0.1) is 17.3 Å². The van der Waals surface area contributed by atoms with E-state index in [-0.39, 0.29) is 17.3 Å². The predicted octanol–water partition coefficient (Wildman–Crippen LogP) is 3.34. The second kappa shape index (κ2) is 4.86. The fourth-order valence-electron chi connectivity index (χ4n) is 2.11. The second-order valence-corrected chi connectivity index (χ2v) is 5.27. The lowest BCUT2D eigenvalue weighted by Crippen LogP contribution is -2.10. The first-order valence-electron chi connectivity index (χ1n) is 5.84. The van der Waals surface area contributed by atoms with Crippen LogP contribution < -0.4 is 0 Å². The molecule has 0 unspecified atom stereocenters. The van der Waals surface area contributed by atoms with Gasteiger partial charge in [0.05, 0.1) is 5.92 Å². The third kappa shape index (κ3) is 2.75. The Hall–Kier alpha value is -1.05. The fourth-order valence-corrected chi connectivity index (χ4v) is 2.11. The van der Waals surface area contributed by atoms with Gasteiger partial charge in [0.2, 0.25) is 0 Å². The van der Waals surface area contributed by atoms with Crippen LogP contribution in [-0.4, -0.2) is 12.6 Å². The first-order valence-corrected chi connectivity index (χ1v) is 5.84. The maximum absolute atomic E-state index is 11.8. The highest BCUT2D eigenvalue weighted by Gasteiger charge is 2.61. The second-order valence-electron chi connectivity index (χ2n) is 5.27. The molecule has 1 saturated carbocycles. The van der Waals surface area contributed by atoms with E-state index >= 15 is 0 Å². The lowest BCUT2D eigenvalue weighted by Gasteiger charge is -2.02. The number of ether oxygens (including phenoxy) is 1. The summed E-state index contributed by atoms with van der Waals surface area (Å²) in [5, 5.41) is 0. The van der Waals surface area contributed by atoms with E-state index in [0.29, 0.717) is 12.5 Å². The molecular formula is C14H22O2. The van der Waals surface area contributed by atoms with Crippen LogP contribution in [0.25, 0.3) is 0 Å². The zero-order valence-corrected chi connectivity index (χ0v) is 10.9. The van der Waals surface area contributed by atoms with Crippen LogP contribution in [0.15, 0.2) is 23.8 Å². The molecule has 0 amide bonds. The van der Waals surface area contributed by atoms with Gasteiger partial charge in [0, 0.05) is 0 Å². The van der Waals surface area contributed by atoms with Crippen molar-refractivity contribution in [3.8, 4) is 0 Å². The van der Waals surface area contributed by atoms with Crippen LogP contribution in [0.3, 0.4) is 0 Å². The molecule has 90 valence electrons. The van der Waals surface area contributed by atoms with E-state index < -0.39 is 0 Å². The highest BCUT2D eigenvalue weighted by molar-refractivity contribution is 5.78. The van der Waals surface area contributed by atoms with Crippen molar-refractivity contribution < 1.29 is 9.53 Å². The topological polar surface area (TPSA) is 26.3 Å². The lowest BCUT2D eigenvalue weighted by atomic mass is 10.1. The van der Waals surface area contributed by atoms with Crippen LogP contribution in [0.5, 0.6) is 0 Å². The number of esters is 1. The van der Waals surface area contributed by atoms with Crippen LogP contribution in [-0.2, 0) is 9.53 Å². The smallest absolute Gasteiger partial charge is 0.310 e. The van der Waals surface area contributed by atoms with E-state index in [4.69, 9.17) is 4.74 Å². The van der Waals surface area contributed by atoms with Crippen molar-refractivity contribution in [2.45, 2.75) is 34.6 Å². The molecule has 0 aromatic heterocycles. The molecular weight excluding hydrogens is 200 g/mol. The van der Waals surface area contributed by atoms with Crippen molar-refractivity contribution in [2.24, 2.45) is 17.3 Å². The van der Waals surface area contributed by atoms with Gasteiger partial charge < -0.3 is 4.74 Å². The number of carbonyl (C=O) groups excluding carboxylic acids is 1. The lowest BCUT2D eigenvalue weighted by molar-refractivity contribution is -0.144. The summed E-state index contributed by atoms with van der Waals surface area (Å²) in [6.07, 6.45) is 5.92. The molecule has 1 aliphatic carbocycles. The van der Waals surface area contributed by atoms with Crippen molar-refractivity contribution in [2.75, 3.05) is 6.61 Å². The zero-order chi connectivity index (χ0) is 12.3. The highest BCUT2D eigenvalue weighted by atomic mass is 16.5. The van der Waals surface area contributed by atoms with Gasteiger partial charge in [-0.2, -0.15) is 0 Å². The summed E-state index contributed by atoms with van der Waals surface area (Å²) in [6, 6.07) is 0. The van der Waals surface area contributed by atoms with Gasteiger partial charge in [0.15, 0.2) is 0 Å². The number of hydrogen-bond acceptors (Lipinski definition) is 2. The molecule has 1 rings (SSSR count). The normalized spacial score (nSPS) is 26.6. The molecule has 0 bridgehead atoms. The van der Waals surface area contributed by atoms with E-state index in [2.05, 4.69) is 33.8 Å². The minimum atomic E-state index is -0.0643. The van der Waals surface area contributed by atoms with Gasteiger partial charge >= 0.3 is 5.97 Å². The number of hydrogen-bond donors (Lipinski definition) is 0. The summed E-state index contributed by atoms with van der Waals surface area (Å²) in [4.78, 5) is 11.8. The standard InChI is InChI=1S/C14H22O2/c1-6-7-8-16-13(15)12-11(9-10(2)3)14(12,4)5/h6-7,9,11-12H,8H2,1-5H3/t11-,12+/m1/s1. The Morgan fingerprint density at radius 2 is 2.00 bits per heavy atom.